The third-order valence-corrected chi connectivity index (χ3v) is 8.34. The molecule has 1 aliphatic carbocycles. The zero-order valence-electron chi connectivity index (χ0n) is 28.7. The Bertz CT molecular complexity index is 1820. The van der Waals surface area contributed by atoms with E-state index in [9.17, 15) is 9.59 Å². The molecule has 0 bridgehead atoms. The minimum atomic E-state index is -1.23. The molecule has 0 N–H and O–H groups in total. The third-order valence-electron chi connectivity index (χ3n) is 8.34. The number of fused-ring (bicyclic) bond motifs is 3. The molecule has 5 rings (SSSR count). The van der Waals surface area contributed by atoms with E-state index in [2.05, 4.69) is 0 Å². The zero-order chi connectivity index (χ0) is 35.3. The molecule has 0 aromatic heterocycles. The van der Waals surface area contributed by atoms with Crippen molar-refractivity contribution in [1.82, 2.24) is 0 Å². The molecule has 10 nitrogen and oxygen atoms in total. The van der Waals surface area contributed by atoms with Crippen LogP contribution in [0.15, 0.2) is 85.0 Å². The van der Waals surface area contributed by atoms with E-state index in [4.69, 9.17) is 37.9 Å². The standard InChI is InChI=1S/C39H38O10/c1-9-15-31(40)48-35-29(42-3)21-27(33(44-5)37(35)46-7)39(25-19-13-11-17-23(25)24-18-12-14-20-26(24)39)28-22-30(43-4)36(49-32(41)16-10-2)38(47-8)34(28)45-6/h9-22H,1-8H3. The Labute approximate surface area is 285 Å². The number of hydrogen-bond acceptors (Lipinski definition) is 10. The molecule has 0 saturated carbocycles. The van der Waals surface area contributed by atoms with Gasteiger partial charge < -0.3 is 37.9 Å². The highest BCUT2D eigenvalue weighted by Crippen LogP contribution is 2.64. The Hall–Kier alpha value is -5.90. The van der Waals surface area contributed by atoms with E-state index >= 15 is 0 Å². The van der Waals surface area contributed by atoms with Gasteiger partial charge in [-0.15, -0.1) is 0 Å². The molecule has 4 aromatic rings. The van der Waals surface area contributed by atoms with E-state index in [0.29, 0.717) is 11.1 Å². The second-order valence-corrected chi connectivity index (χ2v) is 10.7. The van der Waals surface area contributed by atoms with Gasteiger partial charge in [0.05, 0.1) is 48.1 Å². The van der Waals surface area contributed by atoms with Crippen molar-refractivity contribution in [3.63, 3.8) is 0 Å². The maximum absolute atomic E-state index is 12.7. The molecule has 0 aliphatic heterocycles. The van der Waals surface area contributed by atoms with Crippen molar-refractivity contribution in [3.8, 4) is 57.1 Å². The second kappa shape index (κ2) is 14.5. The van der Waals surface area contributed by atoms with E-state index in [1.54, 1.807) is 38.1 Å². The van der Waals surface area contributed by atoms with Crippen LogP contribution < -0.4 is 37.9 Å². The SMILES string of the molecule is CC=CC(=O)Oc1c(OC)cc(C2(c3cc(OC)c(OC(=O)C=CC)c(OC)c3OC)c3ccccc3-c3ccccc32)c(OC)c1OC. The van der Waals surface area contributed by atoms with Crippen molar-refractivity contribution in [1.29, 1.82) is 0 Å². The van der Waals surface area contributed by atoms with Gasteiger partial charge in [0.1, 0.15) is 0 Å². The smallest absolute Gasteiger partial charge is 0.336 e. The molecule has 4 aromatic carbocycles. The fourth-order valence-corrected chi connectivity index (χ4v) is 6.53. The second-order valence-electron chi connectivity index (χ2n) is 10.7. The number of benzene rings is 4. The van der Waals surface area contributed by atoms with Gasteiger partial charge in [0.25, 0.3) is 0 Å². The number of esters is 2. The number of hydrogen-bond donors (Lipinski definition) is 0. The quantitative estimate of drug-likeness (QED) is 0.0780. The summed E-state index contributed by atoms with van der Waals surface area (Å²) in [4.78, 5) is 25.5. The van der Waals surface area contributed by atoms with Crippen molar-refractivity contribution in [2.75, 3.05) is 42.7 Å². The van der Waals surface area contributed by atoms with Gasteiger partial charge in [0.15, 0.2) is 23.0 Å². The molecule has 0 fully saturated rings. The Morgan fingerprint density at radius 2 is 0.857 bits per heavy atom. The van der Waals surface area contributed by atoms with E-state index in [1.807, 2.05) is 48.5 Å². The summed E-state index contributed by atoms with van der Waals surface area (Å²) in [5.74, 6) is 0.0372. The first-order valence-electron chi connectivity index (χ1n) is 15.4. The van der Waals surface area contributed by atoms with Gasteiger partial charge in [-0.05, 0) is 48.2 Å². The molecule has 0 spiro atoms. The lowest BCUT2D eigenvalue weighted by Crippen LogP contribution is -2.30. The Balaban J connectivity index is 2.03. The number of methoxy groups -OCH3 is 6. The molecular weight excluding hydrogens is 628 g/mol. The number of allylic oxidation sites excluding steroid dienone is 2. The van der Waals surface area contributed by atoms with Crippen LogP contribution in [-0.2, 0) is 15.0 Å². The van der Waals surface area contributed by atoms with Gasteiger partial charge in [-0.25, -0.2) is 9.59 Å². The minimum Gasteiger partial charge on any atom is -0.493 e. The van der Waals surface area contributed by atoms with E-state index in [-0.39, 0.29) is 46.0 Å². The molecule has 1 aliphatic rings. The lowest BCUT2D eigenvalue weighted by atomic mass is 9.66. The first-order chi connectivity index (χ1) is 23.8. The summed E-state index contributed by atoms with van der Waals surface area (Å²) in [7, 11) is 8.88. The number of ether oxygens (including phenoxy) is 8. The van der Waals surface area contributed by atoms with E-state index in [0.717, 1.165) is 22.3 Å². The molecule has 49 heavy (non-hydrogen) atoms. The van der Waals surface area contributed by atoms with Gasteiger partial charge >= 0.3 is 11.9 Å². The number of rotatable bonds is 12. The summed E-state index contributed by atoms with van der Waals surface area (Å²) < 4.78 is 47.4. The summed E-state index contributed by atoms with van der Waals surface area (Å²) in [6.45, 7) is 3.42. The Kier molecular flexibility index (Phi) is 10.2. The lowest BCUT2D eigenvalue weighted by molar-refractivity contribution is -0.130. The maximum Gasteiger partial charge on any atom is 0.336 e. The van der Waals surface area contributed by atoms with Crippen LogP contribution >= 0.6 is 0 Å². The maximum atomic E-state index is 12.7. The zero-order valence-corrected chi connectivity index (χ0v) is 28.7. The van der Waals surface area contributed by atoms with Crippen LogP contribution in [0, 0.1) is 0 Å². The average Bonchev–Trinajstić information content (AvgIpc) is 3.41. The van der Waals surface area contributed by atoms with Crippen molar-refractivity contribution < 1.29 is 47.5 Å². The third kappa shape index (κ3) is 5.58. The molecule has 0 atom stereocenters. The molecule has 0 saturated heterocycles. The summed E-state index contributed by atoms with van der Waals surface area (Å²) in [5, 5.41) is 0. The van der Waals surface area contributed by atoms with Gasteiger partial charge in [-0.2, -0.15) is 0 Å². The molecule has 0 amide bonds. The molecule has 0 unspecified atom stereocenters. The molecule has 254 valence electrons. The minimum absolute atomic E-state index is 0.0387. The first kappa shape index (κ1) is 34.4. The summed E-state index contributed by atoms with van der Waals surface area (Å²) in [6, 6.07) is 19.5. The highest BCUT2D eigenvalue weighted by atomic mass is 16.6. The Morgan fingerprint density at radius 1 is 0.490 bits per heavy atom. The van der Waals surface area contributed by atoms with Crippen LogP contribution in [-0.4, -0.2) is 54.6 Å². The molecule has 0 radical (unpaired) electrons. The van der Waals surface area contributed by atoms with Crippen LogP contribution in [0.2, 0.25) is 0 Å². The van der Waals surface area contributed by atoms with Crippen molar-refractivity contribution in [2.24, 2.45) is 0 Å². The van der Waals surface area contributed by atoms with Crippen molar-refractivity contribution in [3.05, 3.63) is 107 Å². The highest BCUT2D eigenvalue weighted by Gasteiger charge is 2.52. The number of carbonyl (C=O) groups is 2. The van der Waals surface area contributed by atoms with Gasteiger partial charge in [0.2, 0.25) is 23.0 Å². The fraction of sp³-hybridized carbons (Fsp3) is 0.231. The van der Waals surface area contributed by atoms with E-state index < -0.39 is 17.4 Å². The van der Waals surface area contributed by atoms with Gasteiger partial charge in [0, 0.05) is 23.3 Å². The summed E-state index contributed by atoms with van der Waals surface area (Å²) in [6.07, 6.45) is 5.72. The normalized spacial score (nSPS) is 12.7. The van der Waals surface area contributed by atoms with Crippen LogP contribution in [0.5, 0.6) is 46.0 Å². The Morgan fingerprint density at radius 3 is 1.18 bits per heavy atom. The lowest BCUT2D eigenvalue weighted by Gasteiger charge is -2.37. The number of carbonyl (C=O) groups excluding carboxylic acids is 2. The van der Waals surface area contributed by atoms with Crippen LogP contribution in [0.1, 0.15) is 36.1 Å². The van der Waals surface area contributed by atoms with Crippen LogP contribution in [0.4, 0.5) is 0 Å². The predicted octanol–water partition coefficient (Wildman–Crippen LogP) is 7.06. The predicted molar refractivity (Wildman–Crippen MR) is 184 cm³/mol. The largest absolute Gasteiger partial charge is 0.493 e. The summed E-state index contributed by atoms with van der Waals surface area (Å²) in [5.41, 5.74) is 3.51. The fourth-order valence-electron chi connectivity index (χ4n) is 6.53. The van der Waals surface area contributed by atoms with Gasteiger partial charge in [-0.1, -0.05) is 60.7 Å². The van der Waals surface area contributed by atoms with Crippen molar-refractivity contribution >= 4 is 11.9 Å². The first-order valence-corrected chi connectivity index (χ1v) is 15.4. The summed E-state index contributed by atoms with van der Waals surface area (Å²) >= 11 is 0. The topological polar surface area (TPSA) is 108 Å². The monoisotopic (exact) mass is 666 g/mol. The highest BCUT2D eigenvalue weighted by molar-refractivity contribution is 5.91. The molecule has 0 heterocycles. The van der Waals surface area contributed by atoms with Crippen LogP contribution in [0.3, 0.4) is 0 Å². The molecule has 10 heteroatoms. The van der Waals surface area contributed by atoms with Gasteiger partial charge in [-0.3, -0.25) is 0 Å². The van der Waals surface area contributed by atoms with Crippen LogP contribution in [0.25, 0.3) is 11.1 Å². The van der Waals surface area contributed by atoms with E-state index in [1.165, 1.54) is 54.8 Å². The average molecular weight is 667 g/mol. The van der Waals surface area contributed by atoms with Crippen molar-refractivity contribution in [2.45, 2.75) is 19.3 Å². The molecular formula is C39H38O10.